The minimum Gasteiger partial charge on any atom is -0.323 e. The van der Waals surface area contributed by atoms with Crippen LogP contribution in [-0.2, 0) is 0 Å². The van der Waals surface area contributed by atoms with Crippen LogP contribution in [0.2, 0.25) is 0 Å². The Morgan fingerprint density at radius 3 is 2.32 bits per heavy atom. The second-order valence-corrected chi connectivity index (χ2v) is 5.21. The van der Waals surface area contributed by atoms with E-state index in [-0.39, 0.29) is 11.7 Å². The van der Waals surface area contributed by atoms with E-state index in [0.29, 0.717) is 0 Å². The zero-order chi connectivity index (χ0) is 13.8. The first kappa shape index (κ1) is 13.5. The lowest BCUT2D eigenvalue weighted by atomic mass is 10.2. The molecule has 6 heteroatoms. The quantitative estimate of drug-likeness (QED) is 0.684. The average molecular weight is 275 g/mol. The summed E-state index contributed by atoms with van der Waals surface area (Å²) in [6.45, 7) is 1.88. The Kier molecular flexibility index (Phi) is 4.13. The minimum atomic E-state index is -0.409. The van der Waals surface area contributed by atoms with Crippen LogP contribution in [0.1, 0.15) is 18.7 Å². The molecular formula is C13H13N3O2S. The number of rotatable bonds is 4. The van der Waals surface area contributed by atoms with Crippen molar-refractivity contribution in [3.05, 3.63) is 58.4 Å². The van der Waals surface area contributed by atoms with E-state index in [4.69, 9.17) is 5.73 Å². The number of nitro groups is 1. The lowest BCUT2D eigenvalue weighted by Crippen LogP contribution is -2.06. The molecule has 0 aliphatic carbocycles. The van der Waals surface area contributed by atoms with Gasteiger partial charge in [0, 0.05) is 34.2 Å². The smallest absolute Gasteiger partial charge is 0.269 e. The Balaban J connectivity index is 2.10. The minimum absolute atomic E-state index is 0.0848. The molecule has 98 valence electrons. The highest BCUT2D eigenvalue weighted by Crippen LogP contribution is 2.28. The average Bonchev–Trinajstić information content (AvgIpc) is 2.40. The van der Waals surface area contributed by atoms with Crippen molar-refractivity contribution < 1.29 is 4.92 Å². The van der Waals surface area contributed by atoms with Crippen LogP contribution in [0.3, 0.4) is 0 Å². The van der Waals surface area contributed by atoms with Gasteiger partial charge in [0.25, 0.3) is 5.69 Å². The van der Waals surface area contributed by atoms with Crippen LogP contribution >= 0.6 is 11.8 Å². The van der Waals surface area contributed by atoms with Crippen LogP contribution in [-0.4, -0.2) is 9.91 Å². The van der Waals surface area contributed by atoms with Gasteiger partial charge in [0.15, 0.2) is 0 Å². The van der Waals surface area contributed by atoms with E-state index in [1.165, 1.54) is 23.9 Å². The van der Waals surface area contributed by atoms with E-state index in [0.717, 1.165) is 15.5 Å². The Labute approximate surface area is 115 Å². The molecule has 0 fully saturated rings. The molecule has 1 heterocycles. The van der Waals surface area contributed by atoms with Crippen LogP contribution in [0.4, 0.5) is 5.69 Å². The molecular weight excluding hydrogens is 262 g/mol. The van der Waals surface area contributed by atoms with Crippen LogP contribution in [0.15, 0.2) is 52.4 Å². The molecule has 19 heavy (non-hydrogen) atoms. The molecule has 2 N–H and O–H groups in total. The van der Waals surface area contributed by atoms with Gasteiger partial charge in [-0.1, -0.05) is 11.8 Å². The standard InChI is InChI=1S/C13H13N3O2S/c1-9(14)13-7-6-12(8-15-13)19-11-4-2-10(3-5-11)16(17)18/h2-9H,14H2,1H3. The van der Waals surface area contributed by atoms with E-state index < -0.39 is 4.92 Å². The number of nitro benzene ring substituents is 1. The molecule has 1 aromatic heterocycles. The van der Waals surface area contributed by atoms with Crippen molar-refractivity contribution in [2.24, 2.45) is 5.73 Å². The molecule has 1 aromatic carbocycles. The predicted octanol–water partition coefficient (Wildman–Crippen LogP) is 3.16. The maximum atomic E-state index is 10.5. The van der Waals surface area contributed by atoms with Gasteiger partial charge in [-0.3, -0.25) is 15.1 Å². The SMILES string of the molecule is CC(N)c1ccc(Sc2ccc([N+](=O)[O-])cc2)cn1. The number of nitrogens with zero attached hydrogens (tertiary/aromatic N) is 2. The zero-order valence-electron chi connectivity index (χ0n) is 10.3. The van der Waals surface area contributed by atoms with Gasteiger partial charge in [-0.2, -0.15) is 0 Å². The van der Waals surface area contributed by atoms with Crippen molar-refractivity contribution in [1.29, 1.82) is 0 Å². The predicted molar refractivity (Wildman–Crippen MR) is 74.1 cm³/mol. The van der Waals surface area contributed by atoms with Crippen LogP contribution < -0.4 is 5.73 Å². The second kappa shape index (κ2) is 5.81. The molecule has 1 atom stereocenters. The number of nitrogens with two attached hydrogens (primary N) is 1. The molecule has 0 aliphatic heterocycles. The van der Waals surface area contributed by atoms with Crippen molar-refractivity contribution >= 4 is 17.4 Å². The maximum Gasteiger partial charge on any atom is 0.269 e. The molecule has 0 amide bonds. The van der Waals surface area contributed by atoms with E-state index in [2.05, 4.69) is 4.98 Å². The molecule has 2 rings (SSSR count). The molecule has 2 aromatic rings. The number of aromatic nitrogens is 1. The summed E-state index contributed by atoms with van der Waals surface area (Å²) in [5.41, 5.74) is 6.66. The van der Waals surface area contributed by atoms with Gasteiger partial charge in [-0.15, -0.1) is 0 Å². The zero-order valence-corrected chi connectivity index (χ0v) is 11.1. The summed E-state index contributed by atoms with van der Waals surface area (Å²) < 4.78 is 0. The van der Waals surface area contributed by atoms with Crippen molar-refractivity contribution in [3.63, 3.8) is 0 Å². The van der Waals surface area contributed by atoms with Crippen molar-refractivity contribution in [2.45, 2.75) is 22.8 Å². The van der Waals surface area contributed by atoms with E-state index in [1.54, 1.807) is 18.3 Å². The molecule has 0 bridgehead atoms. The maximum absolute atomic E-state index is 10.5. The fraction of sp³-hybridized carbons (Fsp3) is 0.154. The fourth-order valence-corrected chi connectivity index (χ4v) is 2.28. The van der Waals surface area contributed by atoms with Crippen LogP contribution in [0.5, 0.6) is 0 Å². The highest BCUT2D eigenvalue weighted by Gasteiger charge is 2.06. The Bertz CT molecular complexity index is 567. The first-order chi connectivity index (χ1) is 9.06. The summed E-state index contributed by atoms with van der Waals surface area (Å²) in [4.78, 5) is 16.3. The van der Waals surface area contributed by atoms with Crippen molar-refractivity contribution in [1.82, 2.24) is 4.98 Å². The summed E-state index contributed by atoms with van der Waals surface area (Å²) in [5, 5.41) is 10.5. The number of hydrogen-bond donors (Lipinski definition) is 1. The third-order valence-electron chi connectivity index (χ3n) is 2.51. The van der Waals surface area contributed by atoms with Crippen LogP contribution in [0.25, 0.3) is 0 Å². The van der Waals surface area contributed by atoms with E-state index in [9.17, 15) is 10.1 Å². The summed E-state index contributed by atoms with van der Waals surface area (Å²) in [7, 11) is 0. The van der Waals surface area contributed by atoms with Gasteiger partial charge in [0.1, 0.15) is 0 Å². The monoisotopic (exact) mass is 275 g/mol. The third-order valence-corrected chi connectivity index (χ3v) is 3.49. The summed E-state index contributed by atoms with van der Waals surface area (Å²) in [6.07, 6.45) is 1.75. The highest BCUT2D eigenvalue weighted by atomic mass is 32.2. The molecule has 0 radical (unpaired) electrons. The number of pyridine rings is 1. The molecule has 5 nitrogen and oxygen atoms in total. The summed E-state index contributed by atoms with van der Waals surface area (Å²) >= 11 is 1.50. The molecule has 1 unspecified atom stereocenters. The number of hydrogen-bond acceptors (Lipinski definition) is 5. The summed E-state index contributed by atoms with van der Waals surface area (Å²) in [6, 6.07) is 10.2. The van der Waals surface area contributed by atoms with Gasteiger partial charge >= 0.3 is 0 Å². The van der Waals surface area contributed by atoms with Crippen molar-refractivity contribution in [3.8, 4) is 0 Å². The molecule has 0 saturated heterocycles. The van der Waals surface area contributed by atoms with Gasteiger partial charge in [-0.25, -0.2) is 0 Å². The second-order valence-electron chi connectivity index (χ2n) is 4.06. The van der Waals surface area contributed by atoms with Gasteiger partial charge in [0.05, 0.1) is 10.6 Å². The molecule has 0 spiro atoms. The Morgan fingerprint density at radius 1 is 1.21 bits per heavy atom. The largest absolute Gasteiger partial charge is 0.323 e. The topological polar surface area (TPSA) is 82.0 Å². The normalized spacial score (nSPS) is 12.1. The first-order valence-corrected chi connectivity index (χ1v) is 6.52. The lowest BCUT2D eigenvalue weighted by Gasteiger charge is -2.05. The van der Waals surface area contributed by atoms with Gasteiger partial charge < -0.3 is 5.73 Å². The fourth-order valence-electron chi connectivity index (χ4n) is 1.49. The van der Waals surface area contributed by atoms with E-state index in [1.807, 2.05) is 19.1 Å². The molecule has 0 aliphatic rings. The Hall–Kier alpha value is -1.92. The summed E-state index contributed by atoms with van der Waals surface area (Å²) in [5.74, 6) is 0. The first-order valence-electron chi connectivity index (χ1n) is 5.70. The number of non-ortho nitro benzene ring substituents is 1. The third kappa shape index (κ3) is 3.52. The molecule has 0 saturated carbocycles. The van der Waals surface area contributed by atoms with Gasteiger partial charge in [0.2, 0.25) is 0 Å². The Morgan fingerprint density at radius 2 is 1.84 bits per heavy atom. The highest BCUT2D eigenvalue weighted by molar-refractivity contribution is 7.99. The van der Waals surface area contributed by atoms with Gasteiger partial charge in [-0.05, 0) is 31.2 Å². The van der Waals surface area contributed by atoms with Crippen LogP contribution in [0, 0.1) is 10.1 Å². The van der Waals surface area contributed by atoms with E-state index >= 15 is 0 Å². The lowest BCUT2D eigenvalue weighted by molar-refractivity contribution is -0.384. The number of benzene rings is 1. The van der Waals surface area contributed by atoms with Crippen molar-refractivity contribution in [2.75, 3.05) is 0 Å².